The number of terminal acetylenes is 1. The van der Waals surface area contributed by atoms with Crippen LogP contribution in [0.3, 0.4) is 0 Å². The summed E-state index contributed by atoms with van der Waals surface area (Å²) in [6.07, 6.45) is 11.4. The zero-order valence-electron chi connectivity index (χ0n) is 22.3. The Labute approximate surface area is 202 Å². The number of carbonyl (C=O) groups is 3. The quantitative estimate of drug-likeness (QED) is 0.323. The van der Waals surface area contributed by atoms with E-state index in [9.17, 15) is 14.4 Å². The van der Waals surface area contributed by atoms with Gasteiger partial charge in [-0.2, -0.15) is 0 Å². The van der Waals surface area contributed by atoms with Crippen LogP contribution < -0.4 is 5.32 Å². The molecule has 0 aromatic rings. The average molecular weight is 466 g/mol. The van der Waals surface area contributed by atoms with Crippen LogP contribution in [-0.2, 0) is 14.4 Å². The summed E-state index contributed by atoms with van der Waals surface area (Å²) < 4.78 is 0. The number of nitrogens with zero attached hydrogens (tertiary/aromatic N) is 2. The number of rotatable bonds is 8. The third-order valence-corrected chi connectivity index (χ3v) is 5.12. The van der Waals surface area contributed by atoms with E-state index in [-0.39, 0.29) is 35.5 Å². The Morgan fingerprint density at radius 2 is 1.64 bits per heavy atom. The van der Waals surface area contributed by atoms with E-state index in [0.717, 1.165) is 5.92 Å². The van der Waals surface area contributed by atoms with Gasteiger partial charge in [-0.3, -0.25) is 14.5 Å². The fourth-order valence-corrected chi connectivity index (χ4v) is 3.04. The molecule has 1 atom stereocenters. The molecule has 0 radical (unpaired) electrons. The minimum atomic E-state index is -1.01. The highest BCUT2D eigenvalue weighted by molar-refractivity contribution is 5.86. The van der Waals surface area contributed by atoms with E-state index < -0.39 is 5.97 Å². The molecule has 0 saturated carbocycles. The maximum absolute atomic E-state index is 11.7. The standard InChI is InChI=1S/C12H20N2O4.C10H17N.C4H10/c1-8(2)10(5-9(3)12(17)18)14(4)11(16)6-13-7-15;1-4-10(2,3)11-8-6-5-7-9-11;1-4(2)3/h5,7-8,10H,6H2,1-4H3,(H,13,15)(H,17,18);1H,5-9H2,2-3H3;4H,1-3H3/b9-5+;;. The van der Waals surface area contributed by atoms with Gasteiger partial charge in [-0.05, 0) is 58.5 Å². The number of piperidine rings is 1. The van der Waals surface area contributed by atoms with Crippen molar-refractivity contribution in [2.24, 2.45) is 11.8 Å². The molecule has 0 spiro atoms. The van der Waals surface area contributed by atoms with E-state index in [1.54, 1.807) is 13.1 Å². The van der Waals surface area contributed by atoms with Gasteiger partial charge in [-0.15, -0.1) is 6.42 Å². The Hall–Kier alpha value is -2.33. The van der Waals surface area contributed by atoms with Crippen molar-refractivity contribution in [2.45, 2.75) is 86.2 Å². The van der Waals surface area contributed by atoms with Gasteiger partial charge in [0, 0.05) is 12.6 Å². The molecule has 190 valence electrons. The average Bonchev–Trinajstić information content (AvgIpc) is 2.75. The van der Waals surface area contributed by atoms with Gasteiger partial charge >= 0.3 is 5.97 Å². The van der Waals surface area contributed by atoms with Crippen LogP contribution in [0.5, 0.6) is 0 Å². The molecule has 1 aliphatic rings. The summed E-state index contributed by atoms with van der Waals surface area (Å²) in [6.45, 7) is 18.3. The Bertz CT molecular complexity index is 654. The summed E-state index contributed by atoms with van der Waals surface area (Å²) in [6, 6.07) is -0.318. The predicted molar refractivity (Wildman–Crippen MR) is 136 cm³/mol. The Kier molecular flexibility index (Phi) is 17.1. The normalized spacial score (nSPS) is 15.3. The first-order valence-electron chi connectivity index (χ1n) is 11.8. The minimum absolute atomic E-state index is 0.0274. The lowest BCUT2D eigenvalue weighted by Gasteiger charge is -2.37. The van der Waals surface area contributed by atoms with Gasteiger partial charge in [-0.1, -0.05) is 53.0 Å². The van der Waals surface area contributed by atoms with Crippen molar-refractivity contribution >= 4 is 18.3 Å². The van der Waals surface area contributed by atoms with Crippen LogP contribution in [0.4, 0.5) is 0 Å². The first kappa shape index (κ1) is 32.8. The first-order chi connectivity index (χ1) is 15.2. The van der Waals surface area contributed by atoms with Crippen molar-refractivity contribution in [2.75, 3.05) is 26.7 Å². The highest BCUT2D eigenvalue weighted by Gasteiger charge is 2.25. The molecule has 33 heavy (non-hydrogen) atoms. The van der Waals surface area contributed by atoms with Crippen LogP contribution in [0.25, 0.3) is 0 Å². The zero-order valence-corrected chi connectivity index (χ0v) is 22.3. The summed E-state index contributed by atoms with van der Waals surface area (Å²) in [5, 5.41) is 11.1. The Morgan fingerprint density at radius 1 is 1.15 bits per heavy atom. The topological polar surface area (TPSA) is 90.0 Å². The number of likely N-dealkylation sites (tertiary alicyclic amines) is 1. The van der Waals surface area contributed by atoms with Gasteiger partial charge < -0.3 is 15.3 Å². The number of carbonyl (C=O) groups excluding carboxylic acids is 2. The number of nitrogens with one attached hydrogen (secondary N) is 1. The molecule has 1 unspecified atom stereocenters. The summed E-state index contributed by atoms with van der Waals surface area (Å²) in [4.78, 5) is 36.5. The van der Waals surface area contributed by atoms with Gasteiger partial charge in [-0.25, -0.2) is 4.79 Å². The predicted octanol–water partition coefficient (Wildman–Crippen LogP) is 3.79. The van der Waals surface area contributed by atoms with Crippen molar-refractivity contribution < 1.29 is 19.5 Å². The third kappa shape index (κ3) is 15.2. The molecule has 1 aliphatic heterocycles. The second kappa shape index (κ2) is 17.2. The molecule has 0 aromatic carbocycles. The van der Waals surface area contributed by atoms with Crippen LogP contribution in [0.2, 0.25) is 0 Å². The minimum Gasteiger partial charge on any atom is -0.478 e. The lowest BCUT2D eigenvalue weighted by molar-refractivity contribution is -0.133. The number of carboxylic acid groups (broad SMARTS) is 1. The summed E-state index contributed by atoms with van der Waals surface area (Å²) in [5.74, 6) is 2.47. The number of amides is 2. The lowest BCUT2D eigenvalue weighted by Crippen LogP contribution is -2.45. The molecule has 0 aromatic heterocycles. The van der Waals surface area contributed by atoms with Gasteiger partial charge in [0.15, 0.2) is 0 Å². The molecule has 1 heterocycles. The van der Waals surface area contributed by atoms with Crippen molar-refractivity contribution in [3.63, 3.8) is 0 Å². The van der Waals surface area contributed by atoms with Gasteiger partial charge in [0.2, 0.25) is 12.3 Å². The molecule has 7 nitrogen and oxygen atoms in total. The smallest absolute Gasteiger partial charge is 0.331 e. The molecule has 7 heteroatoms. The Balaban J connectivity index is 0. The second-order valence-electron chi connectivity index (χ2n) is 9.88. The number of aliphatic carboxylic acids is 1. The van der Waals surface area contributed by atoms with Gasteiger partial charge in [0.05, 0.1) is 18.1 Å². The molecule has 2 amide bonds. The van der Waals surface area contributed by atoms with Crippen LogP contribution in [0.1, 0.15) is 74.7 Å². The second-order valence-corrected chi connectivity index (χ2v) is 9.88. The molecule has 1 saturated heterocycles. The number of carboxylic acids is 1. The van der Waals surface area contributed by atoms with E-state index in [1.165, 1.54) is 44.2 Å². The van der Waals surface area contributed by atoms with Crippen LogP contribution in [0, 0.1) is 24.2 Å². The van der Waals surface area contributed by atoms with Crippen molar-refractivity contribution in [3.8, 4) is 12.3 Å². The number of likely N-dealkylation sites (N-methyl/N-ethyl adjacent to an activating group) is 1. The third-order valence-electron chi connectivity index (χ3n) is 5.12. The largest absolute Gasteiger partial charge is 0.478 e. The van der Waals surface area contributed by atoms with Crippen LogP contribution in [-0.4, -0.2) is 71.5 Å². The lowest BCUT2D eigenvalue weighted by atomic mass is 10.00. The monoisotopic (exact) mass is 465 g/mol. The highest BCUT2D eigenvalue weighted by Crippen LogP contribution is 2.19. The van der Waals surface area contributed by atoms with Crippen molar-refractivity contribution in [1.29, 1.82) is 0 Å². The fraction of sp³-hybridized carbons (Fsp3) is 0.731. The summed E-state index contributed by atoms with van der Waals surface area (Å²) in [7, 11) is 1.59. The first-order valence-corrected chi connectivity index (χ1v) is 11.8. The maximum atomic E-state index is 11.7. The van der Waals surface area contributed by atoms with Gasteiger partial charge in [0.1, 0.15) is 0 Å². The zero-order chi connectivity index (χ0) is 26.2. The SMILES string of the molecule is C#CC(C)(C)N1CCCCC1.C/C(=C\C(C(C)C)N(C)C(=O)CNC=O)C(=O)O.CC(C)C. The highest BCUT2D eigenvalue weighted by atomic mass is 16.4. The molecule has 1 rings (SSSR count). The number of hydrogen-bond donors (Lipinski definition) is 2. The number of hydrogen-bond acceptors (Lipinski definition) is 4. The molecule has 0 bridgehead atoms. The van der Waals surface area contributed by atoms with E-state index in [0.29, 0.717) is 6.41 Å². The van der Waals surface area contributed by atoms with Crippen LogP contribution in [0.15, 0.2) is 11.6 Å². The summed E-state index contributed by atoms with van der Waals surface area (Å²) >= 11 is 0. The molecular formula is C26H47N3O4. The summed E-state index contributed by atoms with van der Waals surface area (Å²) in [5.41, 5.74) is 0.164. The fourth-order valence-electron chi connectivity index (χ4n) is 3.04. The molecule has 2 N–H and O–H groups in total. The maximum Gasteiger partial charge on any atom is 0.331 e. The molecule has 0 aliphatic carbocycles. The molecular weight excluding hydrogens is 418 g/mol. The molecule has 1 fully saturated rings. The van der Waals surface area contributed by atoms with E-state index in [4.69, 9.17) is 11.5 Å². The van der Waals surface area contributed by atoms with Crippen molar-refractivity contribution in [1.82, 2.24) is 15.1 Å². The van der Waals surface area contributed by atoms with E-state index in [1.807, 2.05) is 13.8 Å². The van der Waals surface area contributed by atoms with E-state index >= 15 is 0 Å². The van der Waals surface area contributed by atoms with Crippen molar-refractivity contribution in [3.05, 3.63) is 11.6 Å². The van der Waals surface area contributed by atoms with Crippen LogP contribution >= 0.6 is 0 Å². The van der Waals surface area contributed by atoms with E-state index in [2.05, 4.69) is 50.8 Å². The van der Waals surface area contributed by atoms with Gasteiger partial charge in [0.25, 0.3) is 0 Å². The Morgan fingerprint density at radius 3 is 2.00 bits per heavy atom.